The summed E-state index contributed by atoms with van der Waals surface area (Å²) in [6, 6.07) is 9.01. The number of aromatic hydroxyl groups is 1. The maximum Gasteiger partial charge on any atom is 0.220 e. The second-order valence-corrected chi connectivity index (χ2v) is 6.72. The number of phenolic OH excluding ortho intramolecular Hbond substituents is 1. The number of nitrogens with one attached hydrogen (secondary N) is 1. The molecule has 0 bridgehead atoms. The molecule has 1 amide bonds. The molecule has 27 heavy (non-hydrogen) atoms. The Labute approximate surface area is 167 Å². The summed E-state index contributed by atoms with van der Waals surface area (Å²) in [4.78, 5) is 12.1. The second kappa shape index (κ2) is 10.1. The first-order valence-corrected chi connectivity index (χ1v) is 9.31. The molecule has 6 nitrogen and oxygen atoms in total. The topological polar surface area (TPSA) is 77.0 Å². The summed E-state index contributed by atoms with van der Waals surface area (Å²) < 4.78 is 16.5. The summed E-state index contributed by atoms with van der Waals surface area (Å²) >= 11 is 3.50. The molecule has 0 atom stereocenters. The number of hydrogen-bond donors (Lipinski definition) is 2. The highest BCUT2D eigenvalue weighted by Gasteiger charge is 2.12. The highest BCUT2D eigenvalue weighted by molar-refractivity contribution is 9.10. The van der Waals surface area contributed by atoms with Gasteiger partial charge in [-0.15, -0.1) is 0 Å². The number of benzene rings is 2. The summed E-state index contributed by atoms with van der Waals surface area (Å²) in [6.07, 6.45) is 1.43. The van der Waals surface area contributed by atoms with Crippen LogP contribution in [0.15, 0.2) is 34.8 Å². The van der Waals surface area contributed by atoms with Crippen LogP contribution in [-0.4, -0.2) is 38.9 Å². The van der Waals surface area contributed by atoms with Crippen LogP contribution < -0.4 is 19.5 Å². The van der Waals surface area contributed by atoms with Crippen molar-refractivity contribution in [1.82, 2.24) is 5.32 Å². The second-order valence-electron chi connectivity index (χ2n) is 5.87. The van der Waals surface area contributed by atoms with Crippen molar-refractivity contribution in [2.24, 2.45) is 0 Å². The van der Waals surface area contributed by atoms with Crippen molar-refractivity contribution in [2.45, 2.75) is 19.3 Å². The van der Waals surface area contributed by atoms with Crippen LogP contribution in [0.4, 0.5) is 0 Å². The number of phenols is 1. The first-order valence-electron chi connectivity index (χ1n) is 8.52. The fraction of sp³-hybridized carbons (Fsp3) is 0.350. The van der Waals surface area contributed by atoms with Crippen LogP contribution in [0, 0.1) is 0 Å². The molecule has 2 aromatic rings. The number of hydrogen-bond acceptors (Lipinski definition) is 5. The average molecular weight is 438 g/mol. The number of carbonyl (C=O) groups is 1. The number of para-hydroxylation sites is 1. The molecule has 0 aliphatic carbocycles. The van der Waals surface area contributed by atoms with Crippen molar-refractivity contribution in [2.75, 3.05) is 27.9 Å². The van der Waals surface area contributed by atoms with E-state index in [0.717, 1.165) is 15.6 Å². The predicted octanol–water partition coefficient (Wildman–Crippen LogP) is 3.47. The molecule has 0 unspecified atom stereocenters. The summed E-state index contributed by atoms with van der Waals surface area (Å²) in [7, 11) is 4.67. The summed E-state index contributed by atoms with van der Waals surface area (Å²) in [5.41, 5.74) is 1.70. The maximum absolute atomic E-state index is 12.1. The molecule has 2 rings (SSSR count). The molecule has 0 aliphatic rings. The van der Waals surface area contributed by atoms with Crippen LogP contribution in [0.2, 0.25) is 0 Å². The van der Waals surface area contributed by atoms with Gasteiger partial charge in [-0.3, -0.25) is 4.79 Å². The summed E-state index contributed by atoms with van der Waals surface area (Å²) in [5, 5.41) is 12.9. The third-order valence-electron chi connectivity index (χ3n) is 4.19. The van der Waals surface area contributed by atoms with Gasteiger partial charge in [-0.05, 0) is 42.2 Å². The Morgan fingerprint density at radius 1 is 1.00 bits per heavy atom. The minimum atomic E-state index is -0.0564. The average Bonchev–Trinajstić information content (AvgIpc) is 2.68. The fourth-order valence-corrected chi connectivity index (χ4v) is 3.22. The molecule has 146 valence electrons. The van der Waals surface area contributed by atoms with E-state index in [4.69, 9.17) is 14.2 Å². The van der Waals surface area contributed by atoms with Crippen molar-refractivity contribution in [3.05, 3.63) is 45.9 Å². The van der Waals surface area contributed by atoms with Crippen molar-refractivity contribution in [3.8, 4) is 23.0 Å². The number of halogens is 1. The molecule has 7 heteroatoms. The predicted molar refractivity (Wildman–Crippen MR) is 107 cm³/mol. The van der Waals surface area contributed by atoms with E-state index in [0.29, 0.717) is 43.1 Å². The third-order valence-corrected chi connectivity index (χ3v) is 4.93. The van der Waals surface area contributed by atoms with Gasteiger partial charge in [0.25, 0.3) is 0 Å². The van der Waals surface area contributed by atoms with Crippen molar-refractivity contribution < 1.29 is 24.1 Å². The summed E-state index contributed by atoms with van der Waals surface area (Å²) in [5.74, 6) is 1.75. The Hall–Kier alpha value is -2.41. The number of aryl methyl sites for hydroxylation is 1. The Bertz CT molecular complexity index is 794. The quantitative estimate of drug-likeness (QED) is 0.627. The largest absolute Gasteiger partial charge is 0.504 e. The smallest absolute Gasteiger partial charge is 0.220 e. The van der Waals surface area contributed by atoms with Gasteiger partial charge in [-0.2, -0.15) is 0 Å². The van der Waals surface area contributed by atoms with Crippen molar-refractivity contribution in [1.29, 1.82) is 0 Å². The normalized spacial score (nSPS) is 10.4. The molecule has 0 radical (unpaired) electrons. The Morgan fingerprint density at radius 3 is 2.33 bits per heavy atom. The molecular formula is C20H24BrNO5. The SMILES string of the molecule is COc1cc(Br)c(CCC(=O)NCCc2cccc(OC)c2O)cc1OC. The summed E-state index contributed by atoms with van der Waals surface area (Å²) in [6.45, 7) is 0.437. The van der Waals surface area contributed by atoms with E-state index in [-0.39, 0.29) is 11.7 Å². The molecule has 0 saturated heterocycles. The minimum absolute atomic E-state index is 0.0564. The first kappa shape index (κ1) is 20.9. The lowest BCUT2D eigenvalue weighted by Crippen LogP contribution is -2.25. The van der Waals surface area contributed by atoms with Crippen molar-refractivity contribution in [3.63, 3.8) is 0 Å². The lowest BCUT2D eigenvalue weighted by Gasteiger charge is -2.12. The number of rotatable bonds is 9. The zero-order valence-corrected chi connectivity index (χ0v) is 17.3. The number of ether oxygens (including phenoxy) is 3. The zero-order valence-electron chi connectivity index (χ0n) is 15.7. The van der Waals surface area contributed by atoms with E-state index in [1.807, 2.05) is 24.3 Å². The van der Waals surface area contributed by atoms with E-state index >= 15 is 0 Å². The van der Waals surface area contributed by atoms with Gasteiger partial charge in [-0.1, -0.05) is 28.1 Å². The van der Waals surface area contributed by atoms with Crippen LogP contribution in [-0.2, 0) is 17.6 Å². The van der Waals surface area contributed by atoms with Crippen LogP contribution in [0.3, 0.4) is 0 Å². The van der Waals surface area contributed by atoms with Gasteiger partial charge >= 0.3 is 0 Å². The molecule has 0 saturated carbocycles. The van der Waals surface area contributed by atoms with Crippen LogP contribution in [0.5, 0.6) is 23.0 Å². The van der Waals surface area contributed by atoms with E-state index < -0.39 is 0 Å². The molecular weight excluding hydrogens is 414 g/mol. The highest BCUT2D eigenvalue weighted by atomic mass is 79.9. The Morgan fingerprint density at radius 2 is 1.67 bits per heavy atom. The van der Waals surface area contributed by atoms with E-state index in [9.17, 15) is 9.90 Å². The van der Waals surface area contributed by atoms with E-state index in [1.165, 1.54) is 7.11 Å². The third kappa shape index (κ3) is 5.53. The molecule has 0 aromatic heterocycles. The monoisotopic (exact) mass is 437 g/mol. The lowest BCUT2D eigenvalue weighted by molar-refractivity contribution is -0.121. The minimum Gasteiger partial charge on any atom is -0.504 e. The van der Waals surface area contributed by atoms with Crippen LogP contribution in [0.1, 0.15) is 17.5 Å². The molecule has 2 aromatic carbocycles. The van der Waals surface area contributed by atoms with Crippen molar-refractivity contribution >= 4 is 21.8 Å². The van der Waals surface area contributed by atoms with Gasteiger partial charge < -0.3 is 24.6 Å². The highest BCUT2D eigenvalue weighted by Crippen LogP contribution is 2.34. The van der Waals surface area contributed by atoms with Gasteiger partial charge in [0, 0.05) is 17.4 Å². The van der Waals surface area contributed by atoms with Crippen LogP contribution in [0.25, 0.3) is 0 Å². The molecule has 0 aliphatic heterocycles. The van der Waals surface area contributed by atoms with Gasteiger partial charge in [0.1, 0.15) is 0 Å². The molecule has 0 fully saturated rings. The molecule has 0 spiro atoms. The number of methoxy groups -OCH3 is 3. The van der Waals surface area contributed by atoms with Gasteiger partial charge in [0.2, 0.25) is 5.91 Å². The van der Waals surface area contributed by atoms with E-state index in [1.54, 1.807) is 20.3 Å². The standard InChI is InChI=1S/C20H24BrNO5/c1-25-16-6-4-5-13(20(16)24)9-10-22-19(23)8-7-14-11-17(26-2)18(27-3)12-15(14)21/h4-6,11-12,24H,7-10H2,1-3H3,(H,22,23). The zero-order chi connectivity index (χ0) is 19.8. The van der Waals surface area contributed by atoms with Crippen LogP contribution >= 0.6 is 15.9 Å². The Kier molecular flexibility index (Phi) is 7.79. The molecule has 0 heterocycles. The van der Waals surface area contributed by atoms with Gasteiger partial charge in [-0.25, -0.2) is 0 Å². The number of carbonyl (C=O) groups excluding carboxylic acids is 1. The first-order chi connectivity index (χ1) is 13.0. The lowest BCUT2D eigenvalue weighted by atomic mass is 10.1. The van der Waals surface area contributed by atoms with Gasteiger partial charge in [0.15, 0.2) is 23.0 Å². The Balaban J connectivity index is 1.87. The fourth-order valence-electron chi connectivity index (χ4n) is 2.70. The number of amides is 1. The van der Waals surface area contributed by atoms with Gasteiger partial charge in [0.05, 0.1) is 21.3 Å². The molecule has 2 N–H and O–H groups in total. The van der Waals surface area contributed by atoms with E-state index in [2.05, 4.69) is 21.2 Å². The maximum atomic E-state index is 12.1.